The SMILES string of the molecule is Cc1nc(Cl)cnc1I. The molecule has 0 amide bonds. The van der Waals surface area contributed by atoms with Crippen molar-refractivity contribution in [3.8, 4) is 0 Å². The summed E-state index contributed by atoms with van der Waals surface area (Å²) in [6.45, 7) is 1.88. The quantitative estimate of drug-likeness (QED) is 0.662. The molecule has 0 radical (unpaired) electrons. The van der Waals surface area contributed by atoms with E-state index >= 15 is 0 Å². The minimum absolute atomic E-state index is 0.452. The van der Waals surface area contributed by atoms with E-state index in [2.05, 4.69) is 32.6 Å². The molecule has 0 saturated heterocycles. The van der Waals surface area contributed by atoms with Gasteiger partial charge in [-0.1, -0.05) is 11.6 Å². The van der Waals surface area contributed by atoms with E-state index in [9.17, 15) is 0 Å². The summed E-state index contributed by atoms with van der Waals surface area (Å²) in [7, 11) is 0. The first kappa shape index (κ1) is 7.21. The highest BCUT2D eigenvalue weighted by Crippen LogP contribution is 2.08. The van der Waals surface area contributed by atoms with Crippen molar-refractivity contribution < 1.29 is 0 Å². The zero-order valence-corrected chi connectivity index (χ0v) is 7.64. The summed E-state index contributed by atoms with van der Waals surface area (Å²) in [5.74, 6) is 0. The van der Waals surface area contributed by atoms with Gasteiger partial charge in [-0.05, 0) is 29.5 Å². The Labute approximate surface area is 71.8 Å². The summed E-state index contributed by atoms with van der Waals surface area (Å²) in [5.41, 5.74) is 0.878. The topological polar surface area (TPSA) is 25.8 Å². The van der Waals surface area contributed by atoms with Crippen LogP contribution in [0.3, 0.4) is 0 Å². The second-order valence-electron chi connectivity index (χ2n) is 1.57. The zero-order chi connectivity index (χ0) is 6.85. The summed E-state index contributed by atoms with van der Waals surface area (Å²) < 4.78 is 0.900. The van der Waals surface area contributed by atoms with Gasteiger partial charge >= 0.3 is 0 Å². The third-order valence-corrected chi connectivity index (χ3v) is 2.10. The number of aromatic nitrogens is 2. The van der Waals surface area contributed by atoms with Crippen molar-refractivity contribution in [1.29, 1.82) is 0 Å². The van der Waals surface area contributed by atoms with Gasteiger partial charge in [0.15, 0.2) is 0 Å². The van der Waals surface area contributed by atoms with Crippen LogP contribution in [0.5, 0.6) is 0 Å². The average molecular weight is 254 g/mol. The third-order valence-electron chi connectivity index (χ3n) is 0.857. The first-order valence-electron chi connectivity index (χ1n) is 2.35. The zero-order valence-electron chi connectivity index (χ0n) is 4.73. The Kier molecular flexibility index (Phi) is 2.23. The van der Waals surface area contributed by atoms with E-state index in [1.54, 1.807) is 0 Å². The van der Waals surface area contributed by atoms with Gasteiger partial charge in [-0.3, -0.25) is 0 Å². The van der Waals surface area contributed by atoms with E-state index in [0.717, 1.165) is 9.39 Å². The predicted octanol–water partition coefficient (Wildman–Crippen LogP) is 2.04. The number of nitrogens with zero attached hydrogens (tertiary/aromatic N) is 2. The average Bonchev–Trinajstić information content (AvgIpc) is 1.80. The smallest absolute Gasteiger partial charge is 0.147 e. The van der Waals surface area contributed by atoms with Gasteiger partial charge in [0.05, 0.1) is 11.9 Å². The lowest BCUT2D eigenvalue weighted by atomic mass is 10.5. The van der Waals surface area contributed by atoms with Crippen LogP contribution in [0.25, 0.3) is 0 Å². The van der Waals surface area contributed by atoms with E-state index < -0.39 is 0 Å². The summed E-state index contributed by atoms with van der Waals surface area (Å²) in [5, 5.41) is 0.452. The second-order valence-corrected chi connectivity index (χ2v) is 2.98. The largest absolute Gasteiger partial charge is 0.245 e. The summed E-state index contributed by atoms with van der Waals surface area (Å²) in [6.07, 6.45) is 1.54. The van der Waals surface area contributed by atoms with Gasteiger partial charge in [0.1, 0.15) is 8.85 Å². The summed E-state index contributed by atoms with van der Waals surface area (Å²) in [4.78, 5) is 7.94. The van der Waals surface area contributed by atoms with Crippen LogP contribution in [0.1, 0.15) is 5.69 Å². The van der Waals surface area contributed by atoms with Gasteiger partial charge in [0.2, 0.25) is 0 Å². The molecule has 0 bridgehead atoms. The first-order valence-corrected chi connectivity index (χ1v) is 3.80. The maximum Gasteiger partial charge on any atom is 0.147 e. The van der Waals surface area contributed by atoms with E-state index in [1.165, 1.54) is 6.20 Å². The maximum absolute atomic E-state index is 5.54. The van der Waals surface area contributed by atoms with Gasteiger partial charge in [-0.2, -0.15) is 0 Å². The summed E-state index contributed by atoms with van der Waals surface area (Å²) >= 11 is 7.65. The lowest BCUT2D eigenvalue weighted by molar-refractivity contribution is 1.08. The van der Waals surface area contributed by atoms with Gasteiger partial charge in [-0.25, -0.2) is 9.97 Å². The first-order chi connectivity index (χ1) is 4.20. The molecule has 1 aromatic heterocycles. The van der Waals surface area contributed by atoms with Crippen LogP contribution >= 0.6 is 34.2 Å². The molecule has 48 valence electrons. The molecule has 4 heteroatoms. The monoisotopic (exact) mass is 254 g/mol. The van der Waals surface area contributed by atoms with Crippen LogP contribution in [-0.2, 0) is 0 Å². The Balaban J connectivity index is 3.17. The fraction of sp³-hybridized carbons (Fsp3) is 0.200. The van der Waals surface area contributed by atoms with Crippen molar-refractivity contribution in [3.05, 3.63) is 20.7 Å². The number of hydrogen-bond acceptors (Lipinski definition) is 2. The molecule has 0 saturated carbocycles. The number of hydrogen-bond donors (Lipinski definition) is 0. The molecule has 9 heavy (non-hydrogen) atoms. The third kappa shape index (κ3) is 1.76. The lowest BCUT2D eigenvalue weighted by Gasteiger charge is -1.93. The highest BCUT2D eigenvalue weighted by Gasteiger charge is 1.95. The molecule has 0 unspecified atom stereocenters. The van der Waals surface area contributed by atoms with Crippen LogP contribution in [0.15, 0.2) is 6.20 Å². The number of rotatable bonds is 0. The van der Waals surface area contributed by atoms with Crippen LogP contribution in [0.2, 0.25) is 5.15 Å². The Morgan fingerprint density at radius 2 is 2.33 bits per heavy atom. The molecule has 1 rings (SSSR count). The molecule has 0 aliphatic carbocycles. The van der Waals surface area contributed by atoms with Gasteiger partial charge < -0.3 is 0 Å². The van der Waals surface area contributed by atoms with Crippen LogP contribution < -0.4 is 0 Å². The van der Waals surface area contributed by atoms with Gasteiger partial charge in [0, 0.05) is 0 Å². The molecule has 0 aliphatic heterocycles. The molecule has 0 spiro atoms. The normalized spacial score (nSPS) is 9.67. The summed E-state index contributed by atoms with van der Waals surface area (Å²) in [6, 6.07) is 0. The van der Waals surface area contributed by atoms with Crippen molar-refractivity contribution >= 4 is 34.2 Å². The van der Waals surface area contributed by atoms with E-state index in [-0.39, 0.29) is 0 Å². The Morgan fingerprint density at radius 3 is 2.78 bits per heavy atom. The lowest BCUT2D eigenvalue weighted by Crippen LogP contribution is -1.89. The van der Waals surface area contributed by atoms with Crippen LogP contribution in [0, 0.1) is 10.6 Å². The molecule has 0 N–H and O–H groups in total. The molecule has 1 heterocycles. The molecule has 1 aromatic rings. The van der Waals surface area contributed by atoms with E-state index in [0.29, 0.717) is 5.15 Å². The standard InChI is InChI=1S/C5H4ClIN2/c1-3-5(7)8-2-4(6)9-3/h2H,1H3. The van der Waals surface area contributed by atoms with E-state index in [1.807, 2.05) is 6.92 Å². The van der Waals surface area contributed by atoms with E-state index in [4.69, 9.17) is 11.6 Å². The van der Waals surface area contributed by atoms with Crippen molar-refractivity contribution in [3.63, 3.8) is 0 Å². The minimum atomic E-state index is 0.452. The van der Waals surface area contributed by atoms with Crippen molar-refractivity contribution in [1.82, 2.24) is 9.97 Å². The predicted molar refractivity (Wildman–Crippen MR) is 44.5 cm³/mol. The van der Waals surface area contributed by atoms with Crippen molar-refractivity contribution in [2.75, 3.05) is 0 Å². The van der Waals surface area contributed by atoms with Crippen molar-refractivity contribution in [2.24, 2.45) is 0 Å². The fourth-order valence-electron chi connectivity index (χ4n) is 0.439. The molecule has 2 nitrogen and oxygen atoms in total. The highest BCUT2D eigenvalue weighted by atomic mass is 127. The molecular weight excluding hydrogens is 250 g/mol. The number of halogens is 2. The Morgan fingerprint density at radius 1 is 1.67 bits per heavy atom. The Hall–Kier alpha value is 0.100. The highest BCUT2D eigenvalue weighted by molar-refractivity contribution is 14.1. The van der Waals surface area contributed by atoms with Gasteiger partial charge in [0.25, 0.3) is 0 Å². The minimum Gasteiger partial charge on any atom is -0.245 e. The van der Waals surface area contributed by atoms with Crippen LogP contribution in [0.4, 0.5) is 0 Å². The molecule has 0 aromatic carbocycles. The Bertz CT molecular complexity index is 226. The maximum atomic E-state index is 5.54. The molecular formula is C5H4ClIN2. The second kappa shape index (κ2) is 2.79. The number of aryl methyl sites for hydroxylation is 1. The molecule has 0 atom stereocenters. The van der Waals surface area contributed by atoms with Crippen LogP contribution in [-0.4, -0.2) is 9.97 Å². The molecule has 0 aliphatic rings. The fourth-order valence-corrected chi connectivity index (χ4v) is 0.874. The van der Waals surface area contributed by atoms with Crippen molar-refractivity contribution in [2.45, 2.75) is 6.92 Å². The van der Waals surface area contributed by atoms with Gasteiger partial charge in [-0.15, -0.1) is 0 Å². The molecule has 0 fully saturated rings.